The molecule has 6 heteroatoms. The molecule has 3 N–H and O–H groups in total. The Labute approximate surface area is 152 Å². The van der Waals surface area contributed by atoms with Gasteiger partial charge in [0.05, 0.1) is 12.6 Å². The molecule has 1 saturated heterocycles. The standard InChI is InChI=1S/C20H23N3O3/c1-26-17-6-2-15(3-7-17)12-20(10-11-21-14-20)23-18-8-4-16(13-22-18)5-9-19(24)25/h2-9,13,21H,10-12,14H2,1H3,(H,22,23)(H,24,25)/b9-5+/t20-/m0/s1. The number of carbonyl (C=O) groups is 1. The Morgan fingerprint density at radius 1 is 1.35 bits per heavy atom. The number of pyridine rings is 1. The van der Waals surface area contributed by atoms with E-state index in [2.05, 4.69) is 27.8 Å². The average Bonchev–Trinajstić information content (AvgIpc) is 3.10. The largest absolute Gasteiger partial charge is 0.497 e. The van der Waals surface area contributed by atoms with Crippen molar-refractivity contribution < 1.29 is 14.6 Å². The summed E-state index contributed by atoms with van der Waals surface area (Å²) in [5.74, 6) is 0.671. The van der Waals surface area contributed by atoms with Crippen LogP contribution >= 0.6 is 0 Å². The van der Waals surface area contributed by atoms with Crippen molar-refractivity contribution >= 4 is 17.9 Å². The molecular weight excluding hydrogens is 330 g/mol. The van der Waals surface area contributed by atoms with Gasteiger partial charge in [0.2, 0.25) is 0 Å². The smallest absolute Gasteiger partial charge is 0.328 e. The van der Waals surface area contributed by atoms with Crippen LogP contribution in [0.15, 0.2) is 48.7 Å². The van der Waals surface area contributed by atoms with Crippen LogP contribution in [0.4, 0.5) is 5.82 Å². The van der Waals surface area contributed by atoms with Crippen molar-refractivity contribution in [2.45, 2.75) is 18.4 Å². The normalized spacial score (nSPS) is 19.6. The third kappa shape index (κ3) is 4.61. The van der Waals surface area contributed by atoms with Crippen molar-refractivity contribution in [3.05, 3.63) is 59.8 Å². The number of carboxylic acid groups (broad SMARTS) is 1. The van der Waals surface area contributed by atoms with Crippen LogP contribution in [0.2, 0.25) is 0 Å². The minimum atomic E-state index is -0.970. The lowest BCUT2D eigenvalue weighted by molar-refractivity contribution is -0.131. The van der Waals surface area contributed by atoms with Crippen molar-refractivity contribution in [1.82, 2.24) is 10.3 Å². The predicted molar refractivity (Wildman–Crippen MR) is 101 cm³/mol. The molecule has 136 valence electrons. The SMILES string of the molecule is COc1ccc(C[C@@]2(Nc3ccc(/C=C/C(=O)O)cn3)CCNC2)cc1. The van der Waals surface area contributed by atoms with Gasteiger partial charge in [-0.1, -0.05) is 12.1 Å². The zero-order valence-corrected chi connectivity index (χ0v) is 14.7. The van der Waals surface area contributed by atoms with Crippen LogP contribution in [0.3, 0.4) is 0 Å². The summed E-state index contributed by atoms with van der Waals surface area (Å²) in [4.78, 5) is 15.0. The summed E-state index contributed by atoms with van der Waals surface area (Å²) >= 11 is 0. The number of rotatable bonds is 7. The van der Waals surface area contributed by atoms with E-state index in [-0.39, 0.29) is 5.54 Å². The summed E-state index contributed by atoms with van der Waals surface area (Å²) in [5, 5.41) is 15.7. The molecule has 1 aliphatic rings. The van der Waals surface area contributed by atoms with Crippen LogP contribution < -0.4 is 15.4 Å². The highest BCUT2D eigenvalue weighted by Gasteiger charge is 2.34. The van der Waals surface area contributed by atoms with Crippen LogP contribution in [0, 0.1) is 0 Å². The molecule has 0 radical (unpaired) electrons. The van der Waals surface area contributed by atoms with E-state index in [1.165, 1.54) is 11.6 Å². The Hall–Kier alpha value is -2.86. The maximum atomic E-state index is 10.6. The second-order valence-electron chi connectivity index (χ2n) is 6.51. The molecule has 26 heavy (non-hydrogen) atoms. The number of hydrogen-bond acceptors (Lipinski definition) is 5. The third-order valence-electron chi connectivity index (χ3n) is 4.54. The van der Waals surface area contributed by atoms with Crippen molar-refractivity contribution in [1.29, 1.82) is 0 Å². The summed E-state index contributed by atoms with van der Waals surface area (Å²) < 4.78 is 5.23. The van der Waals surface area contributed by atoms with Gasteiger partial charge in [0.25, 0.3) is 0 Å². The molecular formula is C20H23N3O3. The number of nitrogens with one attached hydrogen (secondary N) is 2. The predicted octanol–water partition coefficient (Wildman–Crippen LogP) is 2.57. The summed E-state index contributed by atoms with van der Waals surface area (Å²) in [5.41, 5.74) is 1.90. The first-order valence-electron chi connectivity index (χ1n) is 8.57. The topological polar surface area (TPSA) is 83.5 Å². The maximum absolute atomic E-state index is 10.6. The zero-order valence-electron chi connectivity index (χ0n) is 14.7. The van der Waals surface area contributed by atoms with Crippen molar-refractivity contribution in [3.63, 3.8) is 0 Å². The molecule has 2 aromatic rings. The number of carboxylic acids is 1. The number of aliphatic carboxylic acids is 1. The fourth-order valence-corrected chi connectivity index (χ4v) is 3.20. The average molecular weight is 353 g/mol. The minimum Gasteiger partial charge on any atom is -0.497 e. The number of ether oxygens (including phenoxy) is 1. The van der Waals surface area contributed by atoms with Crippen LogP contribution in [0.1, 0.15) is 17.5 Å². The first-order valence-corrected chi connectivity index (χ1v) is 8.57. The van der Waals surface area contributed by atoms with Gasteiger partial charge in [0.1, 0.15) is 11.6 Å². The first-order chi connectivity index (χ1) is 12.6. The van der Waals surface area contributed by atoms with Gasteiger partial charge in [-0.15, -0.1) is 0 Å². The number of benzene rings is 1. The molecule has 1 aliphatic heterocycles. The van der Waals surface area contributed by atoms with Gasteiger partial charge < -0.3 is 20.5 Å². The summed E-state index contributed by atoms with van der Waals surface area (Å²) in [6.07, 6.45) is 6.19. The van der Waals surface area contributed by atoms with Crippen molar-refractivity contribution in [2.24, 2.45) is 0 Å². The molecule has 6 nitrogen and oxygen atoms in total. The van der Waals surface area contributed by atoms with Crippen LogP contribution in [0.25, 0.3) is 6.08 Å². The molecule has 1 atom stereocenters. The van der Waals surface area contributed by atoms with E-state index in [1.807, 2.05) is 24.3 Å². The van der Waals surface area contributed by atoms with Gasteiger partial charge >= 0.3 is 5.97 Å². The number of hydrogen-bond donors (Lipinski definition) is 3. The van der Waals surface area contributed by atoms with Crippen LogP contribution in [-0.2, 0) is 11.2 Å². The highest BCUT2D eigenvalue weighted by molar-refractivity contribution is 5.85. The number of aromatic nitrogens is 1. The van der Waals surface area contributed by atoms with Gasteiger partial charge in [-0.25, -0.2) is 9.78 Å². The Morgan fingerprint density at radius 2 is 2.15 bits per heavy atom. The van der Waals surface area contributed by atoms with E-state index in [1.54, 1.807) is 13.3 Å². The molecule has 3 rings (SSSR count). The highest BCUT2D eigenvalue weighted by atomic mass is 16.5. The minimum absolute atomic E-state index is 0.0972. The molecule has 0 saturated carbocycles. The quantitative estimate of drug-likeness (QED) is 0.664. The zero-order chi connectivity index (χ0) is 18.4. The molecule has 0 aliphatic carbocycles. The van der Waals surface area contributed by atoms with E-state index in [0.717, 1.165) is 49.1 Å². The lowest BCUT2D eigenvalue weighted by Crippen LogP contribution is -2.43. The van der Waals surface area contributed by atoms with Crippen molar-refractivity contribution in [2.75, 3.05) is 25.5 Å². The lowest BCUT2D eigenvalue weighted by atomic mass is 9.89. The Kier molecular flexibility index (Phi) is 5.53. The van der Waals surface area contributed by atoms with Gasteiger partial charge in [0, 0.05) is 18.8 Å². The van der Waals surface area contributed by atoms with E-state index in [0.29, 0.717) is 0 Å². The van der Waals surface area contributed by atoms with Crippen LogP contribution in [-0.4, -0.2) is 41.8 Å². The highest BCUT2D eigenvalue weighted by Crippen LogP contribution is 2.26. The summed E-state index contributed by atoms with van der Waals surface area (Å²) in [6, 6.07) is 11.9. The summed E-state index contributed by atoms with van der Waals surface area (Å²) in [7, 11) is 1.67. The number of anilines is 1. The van der Waals surface area contributed by atoms with E-state index >= 15 is 0 Å². The monoisotopic (exact) mass is 353 g/mol. The molecule has 0 unspecified atom stereocenters. The Balaban J connectivity index is 1.72. The fraction of sp³-hybridized carbons (Fsp3) is 0.300. The number of nitrogens with zero attached hydrogens (tertiary/aromatic N) is 1. The molecule has 0 amide bonds. The molecule has 2 heterocycles. The number of methoxy groups -OCH3 is 1. The van der Waals surface area contributed by atoms with Crippen molar-refractivity contribution in [3.8, 4) is 5.75 Å². The van der Waals surface area contributed by atoms with E-state index in [9.17, 15) is 4.79 Å². The van der Waals surface area contributed by atoms with Gasteiger partial charge in [-0.05, 0) is 60.9 Å². The maximum Gasteiger partial charge on any atom is 0.328 e. The third-order valence-corrected chi connectivity index (χ3v) is 4.54. The summed E-state index contributed by atoms with van der Waals surface area (Å²) in [6.45, 7) is 1.82. The molecule has 1 aromatic heterocycles. The van der Waals surface area contributed by atoms with Gasteiger partial charge in [-0.2, -0.15) is 0 Å². The van der Waals surface area contributed by atoms with E-state index < -0.39 is 5.97 Å². The second kappa shape index (κ2) is 8.01. The molecule has 0 bridgehead atoms. The van der Waals surface area contributed by atoms with E-state index in [4.69, 9.17) is 9.84 Å². The van der Waals surface area contributed by atoms with Gasteiger partial charge in [0.15, 0.2) is 0 Å². The Bertz CT molecular complexity index is 764. The second-order valence-corrected chi connectivity index (χ2v) is 6.51. The molecule has 0 spiro atoms. The van der Waals surface area contributed by atoms with Gasteiger partial charge in [-0.3, -0.25) is 0 Å². The lowest BCUT2D eigenvalue weighted by Gasteiger charge is -2.30. The molecule has 1 fully saturated rings. The van der Waals surface area contributed by atoms with Crippen LogP contribution in [0.5, 0.6) is 5.75 Å². The first kappa shape index (κ1) is 17.9. The fourth-order valence-electron chi connectivity index (χ4n) is 3.20. The molecule has 1 aromatic carbocycles. The Morgan fingerprint density at radius 3 is 2.73 bits per heavy atom.